The zero-order chi connectivity index (χ0) is 18.8. The second kappa shape index (κ2) is 7.63. The molecule has 0 aliphatic rings. The highest BCUT2D eigenvalue weighted by molar-refractivity contribution is 6.77. The first-order valence-corrected chi connectivity index (χ1v) is 11.1. The maximum atomic E-state index is 4.63. The van der Waals surface area contributed by atoms with E-state index >= 15 is 0 Å². The number of nitrogens with one attached hydrogen (secondary N) is 1. The van der Waals surface area contributed by atoms with E-state index in [1.54, 1.807) is 0 Å². The number of hydrogen-bond acceptors (Lipinski definition) is 2. The largest absolute Gasteiger partial charge is 0.356 e. The third-order valence-corrected chi connectivity index (χ3v) is 8.37. The van der Waals surface area contributed by atoms with Crippen LogP contribution in [0.3, 0.4) is 0 Å². The summed E-state index contributed by atoms with van der Waals surface area (Å²) in [4.78, 5) is 4.63. The number of rotatable bonds is 5. The van der Waals surface area contributed by atoms with E-state index in [4.69, 9.17) is 0 Å². The Morgan fingerprint density at radius 3 is 2.27 bits per heavy atom. The molecular formula is C23H29N2Si-. The molecule has 26 heavy (non-hydrogen) atoms. The molecule has 0 spiro atoms. The molecule has 1 heterocycles. The molecule has 1 aromatic heterocycles. The normalized spacial score (nSPS) is 11.4. The average Bonchev–Trinajstić information content (AvgIpc) is 2.56. The molecule has 0 saturated heterocycles. The van der Waals surface area contributed by atoms with Crippen molar-refractivity contribution in [2.75, 3.05) is 5.32 Å². The summed E-state index contributed by atoms with van der Waals surface area (Å²) < 4.78 is 0. The van der Waals surface area contributed by atoms with E-state index in [1.807, 2.05) is 12.3 Å². The molecule has 2 nitrogen and oxygen atoms in total. The Hall–Kier alpha value is -2.13. The lowest BCUT2D eigenvalue weighted by atomic mass is 10.1. The fraction of sp³-hybridized carbons (Fsp3) is 0.348. The maximum Gasteiger partial charge on any atom is 0.0936 e. The van der Waals surface area contributed by atoms with E-state index in [9.17, 15) is 0 Å². The summed E-state index contributed by atoms with van der Waals surface area (Å²) in [5.41, 5.74) is 7.34. The minimum atomic E-state index is -0.673. The third kappa shape index (κ3) is 3.83. The fourth-order valence-corrected chi connectivity index (χ4v) is 7.31. The third-order valence-electron chi connectivity index (χ3n) is 4.85. The molecule has 0 amide bonds. The summed E-state index contributed by atoms with van der Waals surface area (Å²) in [5.74, 6) is 0. The second-order valence-electron chi connectivity index (χ2n) is 7.83. The first kappa shape index (κ1) is 18.7. The van der Waals surface area contributed by atoms with Gasteiger partial charge in [0.15, 0.2) is 0 Å². The van der Waals surface area contributed by atoms with E-state index in [0.29, 0.717) is 11.1 Å². The van der Waals surface area contributed by atoms with Gasteiger partial charge in [-0.25, -0.2) is 0 Å². The standard InChI is InChI=1S/C23H29N2Si/c1-15(2)26(16(3)4)22-14-17(5)9-10-20(22)25-21-13-18(6)12-19-8-7-11-24-23(19)21/h7-16,25H,1-6H3/q-1. The molecule has 0 aliphatic heterocycles. The van der Waals surface area contributed by atoms with Crippen LogP contribution < -0.4 is 10.5 Å². The molecule has 1 N–H and O–H groups in total. The lowest BCUT2D eigenvalue weighted by Crippen LogP contribution is -2.37. The van der Waals surface area contributed by atoms with Crippen molar-refractivity contribution in [2.45, 2.75) is 52.6 Å². The van der Waals surface area contributed by atoms with E-state index in [0.717, 1.165) is 11.2 Å². The minimum absolute atomic E-state index is 0.673. The Bertz CT molecular complexity index is 907. The molecule has 0 bridgehead atoms. The average molecular weight is 362 g/mol. The number of anilines is 2. The number of hydrogen-bond donors (Lipinski definition) is 1. The van der Waals surface area contributed by atoms with Crippen LogP contribution >= 0.6 is 0 Å². The minimum Gasteiger partial charge on any atom is -0.356 e. The lowest BCUT2D eigenvalue weighted by molar-refractivity contribution is 0.951. The maximum absolute atomic E-state index is 4.63. The topological polar surface area (TPSA) is 24.9 Å². The molecule has 0 fully saturated rings. The summed E-state index contributed by atoms with van der Waals surface area (Å²) in [5, 5.41) is 6.42. The van der Waals surface area contributed by atoms with Gasteiger partial charge in [0.05, 0.1) is 11.2 Å². The number of fused-ring (bicyclic) bond motifs is 1. The van der Waals surface area contributed by atoms with Crippen molar-refractivity contribution in [3.63, 3.8) is 0 Å². The first-order chi connectivity index (χ1) is 12.4. The van der Waals surface area contributed by atoms with E-state index in [-0.39, 0.29) is 0 Å². The van der Waals surface area contributed by atoms with Crippen molar-refractivity contribution in [3.05, 3.63) is 59.8 Å². The van der Waals surface area contributed by atoms with Crippen molar-refractivity contribution in [1.82, 2.24) is 4.98 Å². The monoisotopic (exact) mass is 361 g/mol. The summed E-state index contributed by atoms with van der Waals surface area (Å²) in [6.07, 6.45) is 1.87. The number of nitrogens with zero attached hydrogens (tertiary/aromatic N) is 1. The van der Waals surface area contributed by atoms with Crippen LogP contribution in [0, 0.1) is 13.8 Å². The Kier molecular flexibility index (Phi) is 5.47. The number of benzene rings is 2. The SMILES string of the molecule is Cc1ccc(Nc2cc(C)cc3cccnc23)c([Si-](C(C)C)C(C)C)c1. The highest BCUT2D eigenvalue weighted by Crippen LogP contribution is 2.29. The molecule has 0 atom stereocenters. The Labute approximate surface area is 159 Å². The van der Waals surface area contributed by atoms with Gasteiger partial charge in [0.2, 0.25) is 0 Å². The fourth-order valence-electron chi connectivity index (χ4n) is 3.88. The van der Waals surface area contributed by atoms with Gasteiger partial charge in [-0.3, -0.25) is 13.8 Å². The van der Waals surface area contributed by atoms with Gasteiger partial charge >= 0.3 is 0 Å². The Balaban J connectivity index is 2.12. The molecule has 0 radical (unpaired) electrons. The lowest BCUT2D eigenvalue weighted by Gasteiger charge is -2.42. The van der Waals surface area contributed by atoms with Crippen LogP contribution in [-0.4, -0.2) is 13.8 Å². The Morgan fingerprint density at radius 1 is 0.846 bits per heavy atom. The van der Waals surface area contributed by atoms with Crippen molar-refractivity contribution in [3.8, 4) is 0 Å². The summed E-state index contributed by atoms with van der Waals surface area (Å²) in [6.45, 7) is 13.8. The second-order valence-corrected chi connectivity index (χ2v) is 11.6. The van der Waals surface area contributed by atoms with E-state index < -0.39 is 8.80 Å². The van der Waals surface area contributed by atoms with Crippen LogP contribution in [0.2, 0.25) is 11.1 Å². The van der Waals surface area contributed by atoms with Crippen LogP contribution in [0.4, 0.5) is 11.4 Å². The highest BCUT2D eigenvalue weighted by atomic mass is 28.3. The van der Waals surface area contributed by atoms with E-state index in [2.05, 4.69) is 88.2 Å². The predicted octanol–water partition coefficient (Wildman–Crippen LogP) is 6.12. The van der Waals surface area contributed by atoms with Gasteiger partial charge in [0, 0.05) is 17.3 Å². The van der Waals surface area contributed by atoms with Gasteiger partial charge in [0.25, 0.3) is 0 Å². The van der Waals surface area contributed by atoms with Crippen LogP contribution in [0.1, 0.15) is 38.8 Å². The first-order valence-electron chi connectivity index (χ1n) is 9.47. The summed E-state index contributed by atoms with van der Waals surface area (Å²) >= 11 is 0. The van der Waals surface area contributed by atoms with E-state index in [1.165, 1.54) is 27.4 Å². The molecule has 2 aromatic carbocycles. The van der Waals surface area contributed by atoms with Crippen LogP contribution in [0.5, 0.6) is 0 Å². The van der Waals surface area contributed by atoms with Crippen LogP contribution in [0.15, 0.2) is 48.7 Å². The van der Waals surface area contributed by atoms with Crippen LogP contribution in [0.25, 0.3) is 10.9 Å². The summed E-state index contributed by atoms with van der Waals surface area (Å²) in [7, 11) is -0.673. The summed E-state index contributed by atoms with van der Waals surface area (Å²) in [6, 6.07) is 15.4. The number of aromatic nitrogens is 1. The molecule has 3 heteroatoms. The van der Waals surface area contributed by atoms with Crippen LogP contribution in [-0.2, 0) is 0 Å². The molecule has 136 valence electrons. The number of pyridine rings is 1. The van der Waals surface area contributed by atoms with Crippen molar-refractivity contribution >= 4 is 36.3 Å². The molecule has 0 aliphatic carbocycles. The van der Waals surface area contributed by atoms with Gasteiger partial charge in [0.1, 0.15) is 0 Å². The van der Waals surface area contributed by atoms with Crippen molar-refractivity contribution in [1.29, 1.82) is 0 Å². The molecule has 0 saturated carbocycles. The molecule has 3 rings (SSSR count). The van der Waals surface area contributed by atoms with Gasteiger partial charge in [-0.05, 0) is 43.7 Å². The van der Waals surface area contributed by atoms with Crippen molar-refractivity contribution in [2.24, 2.45) is 0 Å². The Morgan fingerprint density at radius 2 is 1.58 bits per heavy atom. The number of aryl methyl sites for hydroxylation is 2. The smallest absolute Gasteiger partial charge is 0.0936 e. The molecule has 3 aromatic rings. The zero-order valence-electron chi connectivity index (χ0n) is 16.7. The van der Waals surface area contributed by atoms with Crippen molar-refractivity contribution < 1.29 is 0 Å². The highest BCUT2D eigenvalue weighted by Gasteiger charge is 2.11. The van der Waals surface area contributed by atoms with Gasteiger partial charge < -0.3 is 5.32 Å². The molecular weight excluding hydrogens is 332 g/mol. The van der Waals surface area contributed by atoms with Gasteiger partial charge in [-0.1, -0.05) is 51.5 Å². The van der Waals surface area contributed by atoms with Gasteiger partial charge in [-0.2, -0.15) is 16.3 Å². The zero-order valence-corrected chi connectivity index (χ0v) is 17.7. The molecule has 0 unspecified atom stereocenters. The quantitative estimate of drug-likeness (QED) is 0.554. The predicted molar refractivity (Wildman–Crippen MR) is 117 cm³/mol. The van der Waals surface area contributed by atoms with Gasteiger partial charge in [-0.15, -0.1) is 0 Å².